The SMILES string of the molecule is O=C(Nc1ccc(-c2ncco2)cc1)N1CCCC1c1nn[nH]n1. The molecule has 1 aliphatic heterocycles. The number of carbonyl (C=O) groups excluding carboxylic acids is 1. The summed E-state index contributed by atoms with van der Waals surface area (Å²) in [6, 6.07) is 7.01. The third kappa shape index (κ3) is 2.71. The zero-order valence-electron chi connectivity index (χ0n) is 12.7. The molecule has 0 saturated carbocycles. The number of carbonyl (C=O) groups is 1. The number of tetrazole rings is 1. The topological polar surface area (TPSA) is 113 Å². The van der Waals surface area contributed by atoms with Gasteiger partial charge >= 0.3 is 6.03 Å². The van der Waals surface area contributed by atoms with Crippen LogP contribution in [0.25, 0.3) is 11.5 Å². The Bertz CT molecular complexity index is 799. The Morgan fingerprint density at radius 2 is 2.21 bits per heavy atom. The summed E-state index contributed by atoms with van der Waals surface area (Å²) in [7, 11) is 0. The van der Waals surface area contributed by atoms with Gasteiger partial charge in [0.1, 0.15) is 6.26 Å². The number of hydrogen-bond donors (Lipinski definition) is 2. The van der Waals surface area contributed by atoms with Crippen molar-refractivity contribution in [3.05, 3.63) is 42.5 Å². The Morgan fingerprint density at radius 3 is 2.92 bits per heavy atom. The van der Waals surface area contributed by atoms with Gasteiger partial charge in [0.2, 0.25) is 5.89 Å². The number of benzene rings is 1. The molecule has 9 heteroatoms. The predicted octanol–water partition coefficient (Wildman–Crippen LogP) is 2.22. The number of hydrogen-bond acceptors (Lipinski definition) is 6. The zero-order chi connectivity index (χ0) is 16.4. The van der Waals surface area contributed by atoms with Crippen molar-refractivity contribution in [2.24, 2.45) is 0 Å². The Hall–Kier alpha value is -3.23. The zero-order valence-corrected chi connectivity index (χ0v) is 12.7. The van der Waals surface area contributed by atoms with Crippen LogP contribution in [0.4, 0.5) is 10.5 Å². The van der Waals surface area contributed by atoms with Gasteiger partial charge in [0.05, 0.1) is 12.2 Å². The second-order valence-electron chi connectivity index (χ2n) is 5.47. The number of rotatable bonds is 3. The number of oxazole rings is 1. The maximum absolute atomic E-state index is 12.5. The number of urea groups is 1. The standard InChI is InChI=1S/C15H15N7O2/c23-15(22-8-1-2-12(22)13-18-20-21-19-13)17-11-5-3-10(4-6-11)14-16-7-9-24-14/h3-7,9,12H,1-2,8H2,(H,17,23)(H,18,19,20,21). The van der Waals surface area contributed by atoms with Crippen molar-refractivity contribution in [1.29, 1.82) is 0 Å². The first-order valence-corrected chi connectivity index (χ1v) is 7.62. The smallest absolute Gasteiger partial charge is 0.322 e. The van der Waals surface area contributed by atoms with E-state index in [1.54, 1.807) is 11.1 Å². The highest BCUT2D eigenvalue weighted by atomic mass is 16.3. The summed E-state index contributed by atoms with van der Waals surface area (Å²) in [5.74, 6) is 1.09. The molecule has 0 radical (unpaired) electrons. The normalized spacial score (nSPS) is 17.2. The van der Waals surface area contributed by atoms with E-state index in [-0.39, 0.29) is 12.1 Å². The van der Waals surface area contributed by atoms with Gasteiger partial charge in [-0.3, -0.25) is 0 Å². The molecule has 0 bridgehead atoms. The van der Waals surface area contributed by atoms with Crippen LogP contribution in [0, 0.1) is 0 Å². The number of nitrogens with zero attached hydrogens (tertiary/aromatic N) is 5. The van der Waals surface area contributed by atoms with Crippen molar-refractivity contribution in [3.63, 3.8) is 0 Å². The molecular weight excluding hydrogens is 310 g/mol. The molecule has 2 amide bonds. The van der Waals surface area contributed by atoms with Crippen molar-refractivity contribution in [2.75, 3.05) is 11.9 Å². The molecule has 0 spiro atoms. The van der Waals surface area contributed by atoms with E-state index >= 15 is 0 Å². The Balaban J connectivity index is 1.46. The third-order valence-corrected chi connectivity index (χ3v) is 3.99. The molecule has 1 unspecified atom stereocenters. The van der Waals surface area contributed by atoms with Crippen LogP contribution >= 0.6 is 0 Å². The van der Waals surface area contributed by atoms with E-state index in [4.69, 9.17) is 4.42 Å². The van der Waals surface area contributed by atoms with Gasteiger partial charge in [-0.1, -0.05) is 5.21 Å². The molecule has 1 saturated heterocycles. The van der Waals surface area contributed by atoms with Gasteiger partial charge < -0.3 is 14.6 Å². The van der Waals surface area contributed by atoms with Crippen molar-refractivity contribution < 1.29 is 9.21 Å². The van der Waals surface area contributed by atoms with Crippen LogP contribution in [-0.2, 0) is 0 Å². The highest BCUT2D eigenvalue weighted by molar-refractivity contribution is 5.90. The van der Waals surface area contributed by atoms with Crippen molar-refractivity contribution in [2.45, 2.75) is 18.9 Å². The van der Waals surface area contributed by atoms with Crippen LogP contribution in [0.15, 0.2) is 41.1 Å². The molecule has 3 aromatic rings. The lowest BCUT2D eigenvalue weighted by molar-refractivity contribution is 0.205. The van der Waals surface area contributed by atoms with Crippen molar-refractivity contribution in [3.8, 4) is 11.5 Å². The fraction of sp³-hybridized carbons (Fsp3) is 0.267. The van der Waals surface area contributed by atoms with Crippen molar-refractivity contribution >= 4 is 11.7 Å². The first kappa shape index (κ1) is 14.4. The van der Waals surface area contributed by atoms with E-state index < -0.39 is 0 Å². The quantitative estimate of drug-likeness (QED) is 0.763. The summed E-state index contributed by atoms with van der Waals surface area (Å²) in [6.07, 6.45) is 4.86. The van der Waals surface area contributed by atoms with E-state index in [0.717, 1.165) is 18.4 Å². The number of likely N-dealkylation sites (tertiary alicyclic amines) is 1. The summed E-state index contributed by atoms with van der Waals surface area (Å²) in [6.45, 7) is 0.666. The van der Waals surface area contributed by atoms with Crippen molar-refractivity contribution in [1.82, 2.24) is 30.5 Å². The molecule has 1 atom stereocenters. The number of nitrogens with one attached hydrogen (secondary N) is 2. The van der Waals surface area contributed by atoms with Crippen LogP contribution < -0.4 is 5.32 Å². The second kappa shape index (κ2) is 6.11. The minimum atomic E-state index is -0.175. The molecule has 4 rings (SSSR count). The fourth-order valence-corrected chi connectivity index (χ4v) is 2.85. The average molecular weight is 325 g/mol. The average Bonchev–Trinajstić information content (AvgIpc) is 3.35. The second-order valence-corrected chi connectivity index (χ2v) is 5.47. The molecular formula is C15H15N7O2. The Labute approximate surface area is 137 Å². The van der Waals surface area contributed by atoms with Crippen LogP contribution in [0.5, 0.6) is 0 Å². The number of aromatic nitrogens is 5. The summed E-state index contributed by atoms with van der Waals surface area (Å²) >= 11 is 0. The molecule has 3 heterocycles. The van der Waals surface area contributed by atoms with Gasteiger partial charge in [0, 0.05) is 17.8 Å². The van der Waals surface area contributed by atoms with E-state index in [9.17, 15) is 4.79 Å². The van der Waals surface area contributed by atoms with E-state index in [1.807, 2.05) is 24.3 Å². The molecule has 2 N–H and O–H groups in total. The third-order valence-electron chi connectivity index (χ3n) is 3.99. The minimum Gasteiger partial charge on any atom is -0.445 e. The van der Waals surface area contributed by atoms with E-state index in [2.05, 4.69) is 30.9 Å². The molecule has 0 aliphatic carbocycles. The molecule has 1 fully saturated rings. The van der Waals surface area contributed by atoms with Gasteiger partial charge in [-0.15, -0.1) is 10.2 Å². The highest BCUT2D eigenvalue weighted by Crippen LogP contribution is 2.30. The lowest BCUT2D eigenvalue weighted by Crippen LogP contribution is -2.34. The highest BCUT2D eigenvalue weighted by Gasteiger charge is 2.32. The lowest BCUT2D eigenvalue weighted by Gasteiger charge is -2.22. The Morgan fingerprint density at radius 1 is 1.33 bits per heavy atom. The predicted molar refractivity (Wildman–Crippen MR) is 83.8 cm³/mol. The summed E-state index contributed by atoms with van der Waals surface area (Å²) in [4.78, 5) is 18.4. The summed E-state index contributed by atoms with van der Waals surface area (Å²) in [5.41, 5.74) is 1.55. The molecule has 1 aliphatic rings. The van der Waals surface area contributed by atoms with Gasteiger partial charge in [-0.2, -0.15) is 5.21 Å². The molecule has 1 aromatic carbocycles. The maximum Gasteiger partial charge on any atom is 0.322 e. The first-order chi connectivity index (χ1) is 11.8. The van der Waals surface area contributed by atoms with Gasteiger partial charge in [0.15, 0.2) is 5.82 Å². The summed E-state index contributed by atoms with van der Waals surface area (Å²) in [5, 5.41) is 16.9. The largest absolute Gasteiger partial charge is 0.445 e. The van der Waals surface area contributed by atoms with Gasteiger partial charge in [-0.25, -0.2) is 9.78 Å². The first-order valence-electron chi connectivity index (χ1n) is 7.62. The van der Waals surface area contributed by atoms with E-state index in [1.165, 1.54) is 6.26 Å². The molecule has 122 valence electrons. The van der Waals surface area contributed by atoms with Crippen LogP contribution in [0.1, 0.15) is 24.7 Å². The van der Waals surface area contributed by atoms with Gasteiger partial charge in [0.25, 0.3) is 0 Å². The minimum absolute atomic E-state index is 0.143. The maximum atomic E-state index is 12.5. The molecule has 2 aromatic heterocycles. The van der Waals surface area contributed by atoms with Crippen LogP contribution in [0.3, 0.4) is 0 Å². The van der Waals surface area contributed by atoms with Crippen LogP contribution in [-0.4, -0.2) is 43.1 Å². The molecule has 24 heavy (non-hydrogen) atoms. The number of anilines is 1. The number of H-pyrrole nitrogens is 1. The fourth-order valence-electron chi connectivity index (χ4n) is 2.85. The van der Waals surface area contributed by atoms with E-state index in [0.29, 0.717) is 23.9 Å². The molecule has 9 nitrogen and oxygen atoms in total. The van der Waals surface area contributed by atoms with Gasteiger partial charge in [-0.05, 0) is 37.1 Å². The number of aromatic amines is 1. The lowest BCUT2D eigenvalue weighted by atomic mass is 10.2. The van der Waals surface area contributed by atoms with Crippen LogP contribution in [0.2, 0.25) is 0 Å². The number of amides is 2. The monoisotopic (exact) mass is 325 g/mol. The summed E-state index contributed by atoms with van der Waals surface area (Å²) < 4.78 is 5.25. The Kier molecular flexibility index (Phi) is 3.66.